The highest BCUT2D eigenvalue weighted by Gasteiger charge is 2.17. The lowest BCUT2D eigenvalue weighted by Gasteiger charge is -2.14. The van der Waals surface area contributed by atoms with Gasteiger partial charge in [0.2, 0.25) is 0 Å². The molecule has 0 bridgehead atoms. The van der Waals surface area contributed by atoms with Crippen LogP contribution in [0.2, 0.25) is 0 Å². The first-order valence-electron chi connectivity index (χ1n) is 6.51. The fraction of sp³-hybridized carbons (Fsp3) is 0.235. The van der Waals surface area contributed by atoms with Crippen molar-refractivity contribution in [1.82, 2.24) is 4.98 Å². The van der Waals surface area contributed by atoms with Gasteiger partial charge in [0.25, 0.3) is 0 Å². The average Bonchev–Trinajstić information content (AvgIpc) is 2.48. The first-order chi connectivity index (χ1) is 9.60. The Morgan fingerprint density at radius 1 is 1.25 bits per heavy atom. The number of hydrogen-bond acceptors (Lipinski definition) is 3. The molecule has 100 valence electrons. The van der Waals surface area contributed by atoms with E-state index in [1.807, 2.05) is 44.3 Å². The third-order valence-electron chi connectivity index (χ3n) is 3.46. The molecule has 0 amide bonds. The number of rotatable bonds is 1. The van der Waals surface area contributed by atoms with Crippen LogP contribution in [0.25, 0.3) is 5.57 Å². The number of allylic oxidation sites excluding steroid dienone is 6. The van der Waals surface area contributed by atoms with Crippen LogP contribution in [0.15, 0.2) is 46.6 Å². The second-order valence-corrected chi connectivity index (χ2v) is 4.74. The van der Waals surface area contributed by atoms with Crippen LogP contribution in [-0.4, -0.2) is 17.7 Å². The van der Waals surface area contributed by atoms with Crippen LogP contribution >= 0.6 is 0 Å². The Balaban J connectivity index is 2.58. The number of aryl methyl sites for hydroxylation is 2. The molecule has 0 N–H and O–H groups in total. The van der Waals surface area contributed by atoms with E-state index in [9.17, 15) is 5.26 Å². The Hall–Kier alpha value is -2.47. The monoisotopic (exact) mass is 263 g/mol. The molecular formula is C17H17N3. The average molecular weight is 263 g/mol. The molecule has 0 spiro atoms. The maximum absolute atomic E-state index is 9.30. The van der Waals surface area contributed by atoms with Crippen molar-refractivity contribution >= 4 is 11.3 Å². The first kappa shape index (κ1) is 14.0. The van der Waals surface area contributed by atoms with Crippen molar-refractivity contribution in [2.75, 3.05) is 7.05 Å². The summed E-state index contributed by atoms with van der Waals surface area (Å²) in [6.45, 7) is 6.05. The largest absolute Gasteiger partial charge is 0.287 e. The molecule has 0 fully saturated rings. The lowest BCUT2D eigenvalue weighted by molar-refractivity contribution is 1.19. The first-order valence-corrected chi connectivity index (χ1v) is 6.51. The van der Waals surface area contributed by atoms with E-state index in [4.69, 9.17) is 0 Å². The third kappa shape index (κ3) is 2.46. The summed E-state index contributed by atoms with van der Waals surface area (Å²) >= 11 is 0. The maximum Gasteiger partial charge on any atom is 0.101 e. The molecule has 0 saturated heterocycles. The van der Waals surface area contributed by atoms with Crippen LogP contribution in [0, 0.1) is 25.2 Å². The zero-order valence-electron chi connectivity index (χ0n) is 12.2. The molecule has 1 aromatic heterocycles. The van der Waals surface area contributed by atoms with Gasteiger partial charge >= 0.3 is 0 Å². The summed E-state index contributed by atoms with van der Waals surface area (Å²) in [5.41, 5.74) is 6.47. The van der Waals surface area contributed by atoms with E-state index in [-0.39, 0.29) is 0 Å². The SMILES string of the molecule is C/C=C1/C=C(c2cc(C)c(C)cn2)C=C(C#N)C1=NC. The van der Waals surface area contributed by atoms with Gasteiger partial charge < -0.3 is 0 Å². The van der Waals surface area contributed by atoms with Crippen LogP contribution in [0.4, 0.5) is 0 Å². The molecule has 0 atom stereocenters. The Morgan fingerprint density at radius 2 is 2.00 bits per heavy atom. The Labute approximate surface area is 119 Å². The predicted octanol–water partition coefficient (Wildman–Crippen LogP) is 3.56. The molecule has 20 heavy (non-hydrogen) atoms. The van der Waals surface area contributed by atoms with Gasteiger partial charge in [-0.05, 0) is 55.7 Å². The second-order valence-electron chi connectivity index (χ2n) is 4.74. The van der Waals surface area contributed by atoms with Gasteiger partial charge in [-0.25, -0.2) is 0 Å². The molecule has 1 aliphatic rings. The molecular weight excluding hydrogens is 246 g/mol. The third-order valence-corrected chi connectivity index (χ3v) is 3.46. The van der Waals surface area contributed by atoms with E-state index in [1.165, 1.54) is 5.56 Å². The van der Waals surface area contributed by atoms with Crippen molar-refractivity contribution in [2.45, 2.75) is 20.8 Å². The summed E-state index contributed by atoms with van der Waals surface area (Å²) in [4.78, 5) is 8.67. The Bertz CT molecular complexity index is 710. The molecule has 3 heteroatoms. The fourth-order valence-electron chi connectivity index (χ4n) is 2.14. The van der Waals surface area contributed by atoms with E-state index >= 15 is 0 Å². The van der Waals surface area contributed by atoms with E-state index in [0.29, 0.717) is 5.57 Å². The topological polar surface area (TPSA) is 49.0 Å². The molecule has 1 aromatic rings. The molecule has 0 unspecified atom stereocenters. The molecule has 1 aliphatic carbocycles. The Morgan fingerprint density at radius 3 is 2.55 bits per heavy atom. The molecule has 1 heterocycles. The van der Waals surface area contributed by atoms with E-state index in [2.05, 4.69) is 23.0 Å². The smallest absolute Gasteiger partial charge is 0.101 e. The number of nitriles is 1. The van der Waals surface area contributed by atoms with Crippen LogP contribution in [-0.2, 0) is 0 Å². The summed E-state index contributed by atoms with van der Waals surface area (Å²) in [5.74, 6) is 0. The molecule has 2 rings (SSSR count). The van der Waals surface area contributed by atoms with Crippen molar-refractivity contribution in [3.05, 3.63) is 58.5 Å². The van der Waals surface area contributed by atoms with Crippen LogP contribution in [0.5, 0.6) is 0 Å². The van der Waals surface area contributed by atoms with Gasteiger partial charge in [-0.15, -0.1) is 0 Å². The zero-order valence-corrected chi connectivity index (χ0v) is 12.2. The summed E-state index contributed by atoms with van der Waals surface area (Å²) in [5, 5.41) is 9.30. The fourth-order valence-corrected chi connectivity index (χ4v) is 2.14. The minimum Gasteiger partial charge on any atom is -0.287 e. The van der Waals surface area contributed by atoms with Gasteiger partial charge in [-0.1, -0.05) is 6.08 Å². The van der Waals surface area contributed by atoms with E-state index in [0.717, 1.165) is 28.1 Å². The highest BCUT2D eigenvalue weighted by Crippen LogP contribution is 2.26. The lowest BCUT2D eigenvalue weighted by Crippen LogP contribution is -2.09. The number of aliphatic imine (C=N–C) groups is 1. The second kappa shape index (κ2) is 5.66. The van der Waals surface area contributed by atoms with Gasteiger partial charge in [0.15, 0.2) is 0 Å². The minimum absolute atomic E-state index is 0.582. The van der Waals surface area contributed by atoms with Crippen molar-refractivity contribution in [2.24, 2.45) is 4.99 Å². The maximum atomic E-state index is 9.30. The van der Waals surface area contributed by atoms with Gasteiger partial charge in [-0.3, -0.25) is 9.98 Å². The van der Waals surface area contributed by atoms with Gasteiger partial charge in [0.1, 0.15) is 6.07 Å². The predicted molar refractivity (Wildman–Crippen MR) is 82.5 cm³/mol. The van der Waals surface area contributed by atoms with E-state index in [1.54, 1.807) is 7.05 Å². The Kier molecular flexibility index (Phi) is 3.95. The van der Waals surface area contributed by atoms with Crippen molar-refractivity contribution in [3.63, 3.8) is 0 Å². The van der Waals surface area contributed by atoms with Crippen molar-refractivity contribution < 1.29 is 0 Å². The lowest BCUT2D eigenvalue weighted by atomic mass is 9.91. The zero-order chi connectivity index (χ0) is 14.7. The van der Waals surface area contributed by atoms with Crippen LogP contribution in [0.1, 0.15) is 23.7 Å². The summed E-state index contributed by atoms with van der Waals surface area (Å²) < 4.78 is 0. The number of nitrogens with zero attached hydrogens (tertiary/aromatic N) is 3. The van der Waals surface area contributed by atoms with E-state index < -0.39 is 0 Å². The standard InChI is InChI=1S/C17H17N3/c1-5-13-7-14(8-15(9-18)17(13)19-4)16-6-11(2)12(3)10-20-16/h5-8,10H,1-4H3/b13-5-,19-17?. The van der Waals surface area contributed by atoms with Gasteiger partial charge in [0.05, 0.1) is 17.0 Å². The summed E-state index contributed by atoms with van der Waals surface area (Å²) in [6.07, 6.45) is 7.71. The molecule has 0 aromatic carbocycles. The normalized spacial score (nSPS) is 18.8. The number of pyridine rings is 1. The molecule has 0 saturated carbocycles. The van der Waals surface area contributed by atoms with Gasteiger partial charge in [0, 0.05) is 18.8 Å². The van der Waals surface area contributed by atoms with Crippen LogP contribution < -0.4 is 0 Å². The summed E-state index contributed by atoms with van der Waals surface area (Å²) in [6, 6.07) is 4.27. The van der Waals surface area contributed by atoms with Crippen molar-refractivity contribution in [3.8, 4) is 6.07 Å². The molecule has 0 aliphatic heterocycles. The highest BCUT2D eigenvalue weighted by molar-refractivity contribution is 6.20. The van der Waals surface area contributed by atoms with Gasteiger partial charge in [-0.2, -0.15) is 5.26 Å². The van der Waals surface area contributed by atoms with Crippen molar-refractivity contribution in [1.29, 1.82) is 5.26 Å². The number of hydrogen-bond donors (Lipinski definition) is 0. The van der Waals surface area contributed by atoms with Crippen LogP contribution in [0.3, 0.4) is 0 Å². The highest BCUT2D eigenvalue weighted by atomic mass is 14.7. The molecule has 0 radical (unpaired) electrons. The molecule has 3 nitrogen and oxygen atoms in total. The quantitative estimate of drug-likeness (QED) is 0.777. The minimum atomic E-state index is 0.582. The summed E-state index contributed by atoms with van der Waals surface area (Å²) in [7, 11) is 1.71. The number of aromatic nitrogens is 1.